The van der Waals surface area contributed by atoms with Crippen LogP contribution in [0.15, 0.2) is 63.9 Å². The molecule has 0 bridgehead atoms. The maximum Gasteiger partial charge on any atom is 0.176 e. The zero-order chi connectivity index (χ0) is 13.5. The van der Waals surface area contributed by atoms with Crippen molar-refractivity contribution in [2.45, 2.75) is 4.90 Å². The van der Waals surface area contributed by atoms with E-state index in [1.54, 1.807) is 24.3 Å². The number of para-hydroxylation sites is 1. The van der Waals surface area contributed by atoms with Gasteiger partial charge in [0.1, 0.15) is 11.3 Å². The topological polar surface area (TPSA) is 47.3 Å². The van der Waals surface area contributed by atoms with E-state index in [2.05, 4.69) is 0 Å². The molecule has 0 aliphatic rings. The second-order valence-electron chi connectivity index (χ2n) is 4.42. The van der Waals surface area contributed by atoms with Crippen LogP contribution in [0.5, 0.6) is 0 Å². The van der Waals surface area contributed by atoms with Crippen LogP contribution in [-0.4, -0.2) is 14.7 Å². The van der Waals surface area contributed by atoms with Crippen molar-refractivity contribution >= 4 is 20.8 Å². The molecule has 96 valence electrons. The molecule has 2 aromatic carbocycles. The highest BCUT2D eigenvalue weighted by Crippen LogP contribution is 2.31. The van der Waals surface area contributed by atoms with Crippen LogP contribution in [0.4, 0.5) is 0 Å². The summed E-state index contributed by atoms with van der Waals surface area (Å²) in [7, 11) is -3.28. The van der Waals surface area contributed by atoms with E-state index in [0.29, 0.717) is 11.3 Å². The molecule has 0 N–H and O–H groups in total. The first-order valence-electron chi connectivity index (χ1n) is 5.84. The van der Waals surface area contributed by atoms with Crippen molar-refractivity contribution in [2.24, 2.45) is 0 Å². The van der Waals surface area contributed by atoms with Gasteiger partial charge in [0.25, 0.3) is 0 Å². The molecule has 4 heteroatoms. The second-order valence-corrected chi connectivity index (χ2v) is 6.40. The Morgan fingerprint density at radius 3 is 2.37 bits per heavy atom. The predicted octanol–water partition coefficient (Wildman–Crippen LogP) is 3.50. The molecule has 0 saturated carbocycles. The second kappa shape index (κ2) is 4.24. The average Bonchev–Trinajstić information content (AvgIpc) is 2.81. The third-order valence-electron chi connectivity index (χ3n) is 2.98. The summed E-state index contributed by atoms with van der Waals surface area (Å²) in [6.45, 7) is 0. The highest BCUT2D eigenvalue weighted by atomic mass is 32.2. The predicted molar refractivity (Wildman–Crippen MR) is 74.8 cm³/mol. The Kier molecular flexibility index (Phi) is 2.68. The van der Waals surface area contributed by atoms with Crippen LogP contribution in [0, 0.1) is 0 Å². The summed E-state index contributed by atoms with van der Waals surface area (Å²) >= 11 is 0. The molecule has 1 aromatic heterocycles. The molecule has 0 aliphatic heterocycles. The summed E-state index contributed by atoms with van der Waals surface area (Å²) in [6, 6.07) is 16.3. The molecule has 0 atom stereocenters. The van der Waals surface area contributed by atoms with Gasteiger partial charge in [0.2, 0.25) is 0 Å². The van der Waals surface area contributed by atoms with Gasteiger partial charge in [-0.15, -0.1) is 0 Å². The number of sulfone groups is 1. The lowest BCUT2D eigenvalue weighted by atomic mass is 10.1. The Morgan fingerprint density at radius 1 is 0.947 bits per heavy atom. The lowest BCUT2D eigenvalue weighted by Crippen LogP contribution is -1.99. The van der Waals surface area contributed by atoms with Crippen LogP contribution >= 0.6 is 0 Å². The molecule has 0 amide bonds. The van der Waals surface area contributed by atoms with Crippen molar-refractivity contribution in [3.8, 4) is 11.3 Å². The van der Waals surface area contributed by atoms with E-state index in [-0.39, 0.29) is 4.90 Å². The highest BCUT2D eigenvalue weighted by Gasteiger charge is 2.16. The number of benzene rings is 2. The molecule has 3 rings (SSSR count). The number of rotatable bonds is 2. The standard InChI is InChI=1S/C15H12O3S/c1-19(16,17)15-9-5-3-7-12(15)14-10-11-6-2-4-8-13(11)18-14/h2-10H,1H3. The van der Waals surface area contributed by atoms with Crippen LogP contribution in [0.1, 0.15) is 0 Å². The molecule has 0 fully saturated rings. The third kappa shape index (κ3) is 2.15. The Morgan fingerprint density at radius 2 is 1.63 bits per heavy atom. The molecule has 19 heavy (non-hydrogen) atoms. The van der Waals surface area contributed by atoms with Gasteiger partial charge in [-0.2, -0.15) is 0 Å². The fraction of sp³-hybridized carbons (Fsp3) is 0.0667. The number of hydrogen-bond acceptors (Lipinski definition) is 3. The molecule has 0 saturated heterocycles. The molecular weight excluding hydrogens is 260 g/mol. The Bertz CT molecular complexity index is 811. The van der Waals surface area contributed by atoms with Crippen LogP contribution in [0.25, 0.3) is 22.3 Å². The van der Waals surface area contributed by atoms with Gasteiger partial charge in [-0.1, -0.05) is 30.3 Å². The minimum Gasteiger partial charge on any atom is -0.456 e. The third-order valence-corrected chi connectivity index (χ3v) is 4.13. The minimum atomic E-state index is -3.28. The lowest BCUT2D eigenvalue weighted by molar-refractivity contribution is 0.599. The van der Waals surface area contributed by atoms with E-state index in [9.17, 15) is 8.42 Å². The largest absolute Gasteiger partial charge is 0.456 e. The van der Waals surface area contributed by atoms with Crippen molar-refractivity contribution in [3.63, 3.8) is 0 Å². The van der Waals surface area contributed by atoms with E-state index in [4.69, 9.17) is 4.42 Å². The maximum absolute atomic E-state index is 11.8. The average molecular weight is 272 g/mol. The molecule has 0 radical (unpaired) electrons. The van der Waals surface area contributed by atoms with Gasteiger partial charge in [0.15, 0.2) is 9.84 Å². The van der Waals surface area contributed by atoms with Crippen LogP contribution in [0.2, 0.25) is 0 Å². The van der Waals surface area contributed by atoms with Crippen molar-refractivity contribution in [1.29, 1.82) is 0 Å². The van der Waals surface area contributed by atoms with Crippen LogP contribution in [0.3, 0.4) is 0 Å². The number of hydrogen-bond donors (Lipinski definition) is 0. The maximum atomic E-state index is 11.8. The van der Waals surface area contributed by atoms with Crippen molar-refractivity contribution in [2.75, 3.05) is 6.26 Å². The molecular formula is C15H12O3S. The minimum absolute atomic E-state index is 0.286. The van der Waals surface area contributed by atoms with Gasteiger partial charge < -0.3 is 4.42 Å². The van der Waals surface area contributed by atoms with E-state index < -0.39 is 9.84 Å². The molecule has 3 aromatic rings. The van der Waals surface area contributed by atoms with E-state index in [1.165, 1.54) is 6.26 Å². The first kappa shape index (κ1) is 12.0. The van der Waals surface area contributed by atoms with Crippen molar-refractivity contribution in [3.05, 3.63) is 54.6 Å². The lowest BCUT2D eigenvalue weighted by Gasteiger charge is -2.04. The van der Waals surface area contributed by atoms with Gasteiger partial charge in [0, 0.05) is 17.2 Å². The van der Waals surface area contributed by atoms with Gasteiger partial charge in [0.05, 0.1) is 4.90 Å². The summed E-state index contributed by atoms with van der Waals surface area (Å²) in [5.74, 6) is 0.572. The highest BCUT2D eigenvalue weighted by molar-refractivity contribution is 7.90. The number of fused-ring (bicyclic) bond motifs is 1. The number of furan rings is 1. The van der Waals surface area contributed by atoms with Gasteiger partial charge in [-0.25, -0.2) is 8.42 Å². The molecule has 0 aliphatic carbocycles. The van der Waals surface area contributed by atoms with Gasteiger partial charge in [-0.3, -0.25) is 0 Å². The normalized spacial score (nSPS) is 11.8. The summed E-state index contributed by atoms with van der Waals surface area (Å²) in [4.78, 5) is 0.286. The summed E-state index contributed by atoms with van der Waals surface area (Å²) < 4.78 is 29.3. The smallest absolute Gasteiger partial charge is 0.176 e. The summed E-state index contributed by atoms with van der Waals surface area (Å²) in [6.07, 6.45) is 1.20. The summed E-state index contributed by atoms with van der Waals surface area (Å²) in [5.41, 5.74) is 1.35. The first-order chi connectivity index (χ1) is 9.05. The van der Waals surface area contributed by atoms with Gasteiger partial charge in [-0.05, 0) is 24.3 Å². The molecule has 1 heterocycles. The van der Waals surface area contributed by atoms with Crippen LogP contribution < -0.4 is 0 Å². The van der Waals surface area contributed by atoms with E-state index in [1.807, 2.05) is 30.3 Å². The quantitative estimate of drug-likeness (QED) is 0.717. The fourth-order valence-electron chi connectivity index (χ4n) is 2.11. The van der Waals surface area contributed by atoms with Crippen molar-refractivity contribution < 1.29 is 12.8 Å². The Hall–Kier alpha value is -2.07. The Balaban J connectivity index is 2.27. The summed E-state index contributed by atoms with van der Waals surface area (Å²) in [5, 5.41) is 0.959. The van der Waals surface area contributed by atoms with Gasteiger partial charge >= 0.3 is 0 Å². The molecule has 0 unspecified atom stereocenters. The van der Waals surface area contributed by atoms with E-state index in [0.717, 1.165) is 11.0 Å². The van der Waals surface area contributed by atoms with Crippen LogP contribution in [-0.2, 0) is 9.84 Å². The zero-order valence-corrected chi connectivity index (χ0v) is 11.1. The molecule has 0 spiro atoms. The van der Waals surface area contributed by atoms with Crippen molar-refractivity contribution in [1.82, 2.24) is 0 Å². The Labute approximate surface area is 111 Å². The first-order valence-corrected chi connectivity index (χ1v) is 7.73. The molecule has 3 nitrogen and oxygen atoms in total. The zero-order valence-electron chi connectivity index (χ0n) is 10.3. The monoisotopic (exact) mass is 272 g/mol. The SMILES string of the molecule is CS(=O)(=O)c1ccccc1-c1cc2ccccc2o1. The van der Waals surface area contributed by atoms with E-state index >= 15 is 0 Å². The fourth-order valence-corrected chi connectivity index (χ4v) is 3.00.